The summed E-state index contributed by atoms with van der Waals surface area (Å²) in [5.41, 5.74) is 2.85. The van der Waals surface area contributed by atoms with Gasteiger partial charge in [-0.15, -0.1) is 0 Å². The van der Waals surface area contributed by atoms with Crippen molar-refractivity contribution in [3.05, 3.63) is 29.8 Å². The Bertz CT molecular complexity index is 369. The topological polar surface area (TPSA) is 15.3 Å². The van der Waals surface area contributed by atoms with Gasteiger partial charge in [0.25, 0.3) is 0 Å². The number of hydrogen-bond acceptors (Lipinski definition) is 2. The molecule has 2 nitrogen and oxygen atoms in total. The average molecular weight is 216 g/mol. The van der Waals surface area contributed by atoms with E-state index in [2.05, 4.69) is 41.4 Å². The van der Waals surface area contributed by atoms with Crippen LogP contribution in [0.3, 0.4) is 0 Å². The summed E-state index contributed by atoms with van der Waals surface area (Å²) in [4.78, 5) is 2.67. The monoisotopic (exact) mass is 216 g/mol. The molecule has 3 rings (SSSR count). The van der Waals surface area contributed by atoms with Crippen LogP contribution in [-0.4, -0.2) is 24.5 Å². The standard InChI is InChI=1S/C14H20N2/c1-11-10-15-13-7-3-2-6-12(13)14(11)16-8-4-5-9-16/h2-3,6-7,11,14-15H,4-5,8-10H2,1H3. The maximum atomic E-state index is 3.54. The van der Waals surface area contributed by atoms with Crippen molar-refractivity contribution in [2.45, 2.75) is 25.8 Å². The van der Waals surface area contributed by atoms with Crippen LogP contribution >= 0.6 is 0 Å². The molecule has 2 unspecified atom stereocenters. The molecule has 2 aliphatic rings. The fourth-order valence-electron chi connectivity index (χ4n) is 3.18. The Morgan fingerprint density at radius 1 is 1.19 bits per heavy atom. The first-order valence-electron chi connectivity index (χ1n) is 6.43. The smallest absolute Gasteiger partial charge is 0.0410 e. The van der Waals surface area contributed by atoms with E-state index in [1.54, 1.807) is 0 Å². The molecule has 1 aromatic rings. The quantitative estimate of drug-likeness (QED) is 0.776. The molecule has 0 spiro atoms. The van der Waals surface area contributed by atoms with Gasteiger partial charge in [0, 0.05) is 18.3 Å². The molecule has 1 N–H and O–H groups in total. The maximum Gasteiger partial charge on any atom is 0.0410 e. The zero-order valence-corrected chi connectivity index (χ0v) is 9.95. The number of nitrogens with zero attached hydrogens (tertiary/aromatic N) is 1. The maximum absolute atomic E-state index is 3.54. The second kappa shape index (κ2) is 4.10. The third-order valence-electron chi connectivity index (χ3n) is 3.97. The highest BCUT2D eigenvalue weighted by molar-refractivity contribution is 5.54. The molecule has 16 heavy (non-hydrogen) atoms. The lowest BCUT2D eigenvalue weighted by molar-refractivity contribution is 0.185. The van der Waals surface area contributed by atoms with E-state index in [1.165, 1.54) is 37.2 Å². The van der Waals surface area contributed by atoms with E-state index >= 15 is 0 Å². The largest absolute Gasteiger partial charge is 0.384 e. The predicted molar refractivity (Wildman–Crippen MR) is 67.6 cm³/mol. The van der Waals surface area contributed by atoms with Gasteiger partial charge >= 0.3 is 0 Å². The van der Waals surface area contributed by atoms with Gasteiger partial charge in [-0.25, -0.2) is 0 Å². The molecule has 0 bridgehead atoms. The van der Waals surface area contributed by atoms with E-state index in [0.717, 1.165) is 6.54 Å². The van der Waals surface area contributed by atoms with Crippen molar-refractivity contribution in [1.29, 1.82) is 0 Å². The first-order valence-corrected chi connectivity index (χ1v) is 6.43. The zero-order chi connectivity index (χ0) is 11.0. The SMILES string of the molecule is CC1CNc2ccccc2C1N1CCCC1. The number of rotatable bonds is 1. The van der Waals surface area contributed by atoms with Gasteiger partial charge in [-0.3, -0.25) is 4.90 Å². The highest BCUT2D eigenvalue weighted by Crippen LogP contribution is 2.38. The molecular formula is C14H20N2. The van der Waals surface area contributed by atoms with E-state index in [-0.39, 0.29) is 0 Å². The van der Waals surface area contributed by atoms with E-state index in [4.69, 9.17) is 0 Å². The normalized spacial score (nSPS) is 29.8. The lowest BCUT2D eigenvalue weighted by Crippen LogP contribution is -2.37. The molecule has 0 saturated carbocycles. The first kappa shape index (κ1) is 10.2. The van der Waals surface area contributed by atoms with Gasteiger partial charge in [-0.1, -0.05) is 25.1 Å². The van der Waals surface area contributed by atoms with Gasteiger partial charge in [0.1, 0.15) is 0 Å². The summed E-state index contributed by atoms with van der Waals surface area (Å²) in [6, 6.07) is 9.44. The molecule has 2 heterocycles. The predicted octanol–water partition coefficient (Wildman–Crippen LogP) is 2.89. The number of para-hydroxylation sites is 1. The summed E-state index contributed by atoms with van der Waals surface area (Å²) in [5.74, 6) is 0.716. The minimum Gasteiger partial charge on any atom is -0.384 e. The Hall–Kier alpha value is -1.02. The van der Waals surface area contributed by atoms with Crippen molar-refractivity contribution in [2.24, 2.45) is 5.92 Å². The molecule has 0 aromatic heterocycles. The Balaban J connectivity index is 1.96. The second-order valence-corrected chi connectivity index (χ2v) is 5.13. The van der Waals surface area contributed by atoms with Gasteiger partial charge in [0.2, 0.25) is 0 Å². The van der Waals surface area contributed by atoms with Gasteiger partial charge in [-0.05, 0) is 43.5 Å². The second-order valence-electron chi connectivity index (χ2n) is 5.13. The van der Waals surface area contributed by atoms with Crippen molar-refractivity contribution in [1.82, 2.24) is 4.90 Å². The van der Waals surface area contributed by atoms with Gasteiger partial charge in [0.15, 0.2) is 0 Å². The lowest BCUT2D eigenvalue weighted by atomic mass is 9.88. The van der Waals surface area contributed by atoms with Crippen LogP contribution in [0.25, 0.3) is 0 Å². The molecule has 0 radical (unpaired) electrons. The molecule has 0 aliphatic carbocycles. The zero-order valence-electron chi connectivity index (χ0n) is 9.95. The molecule has 0 amide bonds. The third kappa shape index (κ3) is 1.61. The Morgan fingerprint density at radius 3 is 2.75 bits per heavy atom. The summed E-state index contributed by atoms with van der Waals surface area (Å²) in [6.07, 6.45) is 2.75. The van der Waals surface area contributed by atoms with Crippen LogP contribution in [0, 0.1) is 5.92 Å². The highest BCUT2D eigenvalue weighted by Gasteiger charge is 2.32. The molecule has 2 aliphatic heterocycles. The van der Waals surface area contributed by atoms with Crippen molar-refractivity contribution in [2.75, 3.05) is 25.0 Å². The summed E-state index contributed by atoms with van der Waals surface area (Å²) < 4.78 is 0. The Kier molecular flexibility index (Phi) is 2.60. The van der Waals surface area contributed by atoms with E-state index < -0.39 is 0 Å². The summed E-state index contributed by atoms with van der Waals surface area (Å²) >= 11 is 0. The molecule has 2 atom stereocenters. The number of likely N-dealkylation sites (tertiary alicyclic amines) is 1. The van der Waals surface area contributed by atoms with E-state index in [0.29, 0.717) is 12.0 Å². The van der Waals surface area contributed by atoms with E-state index in [1.807, 2.05) is 0 Å². The molecular weight excluding hydrogens is 196 g/mol. The van der Waals surface area contributed by atoms with Crippen molar-refractivity contribution in [3.8, 4) is 0 Å². The number of anilines is 1. The third-order valence-corrected chi connectivity index (χ3v) is 3.97. The lowest BCUT2D eigenvalue weighted by Gasteiger charge is -2.38. The number of benzene rings is 1. The summed E-state index contributed by atoms with van der Waals surface area (Å²) in [6.45, 7) is 6.04. The van der Waals surface area contributed by atoms with Crippen LogP contribution < -0.4 is 5.32 Å². The highest BCUT2D eigenvalue weighted by atomic mass is 15.2. The van der Waals surface area contributed by atoms with Gasteiger partial charge in [-0.2, -0.15) is 0 Å². The van der Waals surface area contributed by atoms with E-state index in [9.17, 15) is 0 Å². The first-order chi connectivity index (χ1) is 7.86. The molecule has 1 fully saturated rings. The fourth-order valence-corrected chi connectivity index (χ4v) is 3.18. The summed E-state index contributed by atoms with van der Waals surface area (Å²) in [7, 11) is 0. The van der Waals surface area contributed by atoms with Crippen LogP contribution in [0.1, 0.15) is 31.4 Å². The van der Waals surface area contributed by atoms with Gasteiger partial charge in [0.05, 0.1) is 0 Å². The number of hydrogen-bond donors (Lipinski definition) is 1. The number of nitrogens with one attached hydrogen (secondary N) is 1. The van der Waals surface area contributed by atoms with Crippen LogP contribution in [-0.2, 0) is 0 Å². The van der Waals surface area contributed by atoms with Crippen LogP contribution in [0.4, 0.5) is 5.69 Å². The fraction of sp³-hybridized carbons (Fsp3) is 0.571. The molecule has 1 saturated heterocycles. The average Bonchev–Trinajstić information content (AvgIpc) is 2.82. The van der Waals surface area contributed by atoms with Crippen molar-refractivity contribution < 1.29 is 0 Å². The van der Waals surface area contributed by atoms with Crippen molar-refractivity contribution >= 4 is 5.69 Å². The molecule has 2 heteroatoms. The van der Waals surface area contributed by atoms with Crippen LogP contribution in [0.2, 0.25) is 0 Å². The van der Waals surface area contributed by atoms with Crippen LogP contribution in [0.15, 0.2) is 24.3 Å². The van der Waals surface area contributed by atoms with Crippen LogP contribution in [0.5, 0.6) is 0 Å². The van der Waals surface area contributed by atoms with Gasteiger partial charge < -0.3 is 5.32 Å². The molecule has 1 aromatic carbocycles. The Labute approximate surface area is 97.6 Å². The Morgan fingerprint density at radius 2 is 1.94 bits per heavy atom. The molecule has 86 valence electrons. The minimum atomic E-state index is 0.639. The number of fused-ring (bicyclic) bond motifs is 1. The summed E-state index contributed by atoms with van der Waals surface area (Å²) in [5, 5.41) is 3.54. The van der Waals surface area contributed by atoms with Crippen molar-refractivity contribution in [3.63, 3.8) is 0 Å². The minimum absolute atomic E-state index is 0.639.